The molecule has 0 amide bonds. The molecule has 1 aromatic heterocycles. The Kier molecular flexibility index (Phi) is 6.20. The Bertz CT molecular complexity index is 1060. The van der Waals surface area contributed by atoms with Crippen LogP contribution in [0.5, 0.6) is 0 Å². The van der Waals surface area contributed by atoms with Gasteiger partial charge in [0.05, 0.1) is 5.52 Å². The van der Waals surface area contributed by atoms with Crippen molar-refractivity contribution in [1.82, 2.24) is 4.98 Å². The Labute approximate surface area is 167 Å². The minimum atomic E-state index is -0.234. The summed E-state index contributed by atoms with van der Waals surface area (Å²) in [6.07, 6.45) is 8.74. The van der Waals surface area contributed by atoms with Crippen LogP contribution < -0.4 is 0 Å². The van der Waals surface area contributed by atoms with Crippen molar-refractivity contribution in [1.29, 1.82) is 0 Å². The topological polar surface area (TPSA) is 12.9 Å². The van der Waals surface area contributed by atoms with Gasteiger partial charge in [0.2, 0.25) is 0 Å². The van der Waals surface area contributed by atoms with Crippen molar-refractivity contribution in [2.75, 3.05) is 0 Å². The molecule has 0 aliphatic heterocycles. The highest BCUT2D eigenvalue weighted by atomic mass is 19.1. The van der Waals surface area contributed by atoms with Crippen molar-refractivity contribution >= 4 is 28.1 Å². The molecule has 0 fully saturated rings. The van der Waals surface area contributed by atoms with Gasteiger partial charge in [-0.15, -0.1) is 0 Å². The number of benzene rings is 2. The second-order valence-electron chi connectivity index (χ2n) is 6.78. The molecule has 0 N–H and O–H groups in total. The zero-order chi connectivity index (χ0) is 20.1. The second kappa shape index (κ2) is 8.79. The van der Waals surface area contributed by atoms with E-state index in [0.717, 1.165) is 28.5 Å². The average Bonchev–Trinajstić information content (AvgIpc) is 2.75. The van der Waals surface area contributed by atoms with Crippen LogP contribution in [0.25, 0.3) is 28.1 Å². The van der Waals surface area contributed by atoms with Gasteiger partial charge in [0, 0.05) is 17.1 Å². The maximum Gasteiger partial charge on any atom is 0.130 e. The summed E-state index contributed by atoms with van der Waals surface area (Å²) in [5, 5.41) is 1.12. The van der Waals surface area contributed by atoms with E-state index in [1.54, 1.807) is 6.08 Å². The summed E-state index contributed by atoms with van der Waals surface area (Å²) >= 11 is 0. The molecule has 2 heteroatoms. The van der Waals surface area contributed by atoms with Crippen LogP contribution in [0.15, 0.2) is 73.5 Å². The van der Waals surface area contributed by atoms with E-state index in [2.05, 4.69) is 54.9 Å². The fourth-order valence-electron chi connectivity index (χ4n) is 3.54. The lowest BCUT2D eigenvalue weighted by Gasteiger charge is -2.21. The van der Waals surface area contributed by atoms with E-state index in [9.17, 15) is 4.39 Å². The van der Waals surface area contributed by atoms with E-state index in [4.69, 9.17) is 0 Å². The fourth-order valence-corrected chi connectivity index (χ4v) is 3.54. The van der Waals surface area contributed by atoms with E-state index < -0.39 is 0 Å². The van der Waals surface area contributed by atoms with Gasteiger partial charge in [-0.05, 0) is 64.9 Å². The molecule has 4 rings (SSSR count). The van der Waals surface area contributed by atoms with Crippen LogP contribution in [0.1, 0.15) is 43.9 Å². The summed E-state index contributed by atoms with van der Waals surface area (Å²) < 4.78 is 13.9. The first-order chi connectivity index (χ1) is 13.7. The highest BCUT2D eigenvalue weighted by Gasteiger charge is 2.17. The first-order valence-electron chi connectivity index (χ1n) is 9.84. The van der Waals surface area contributed by atoms with Crippen molar-refractivity contribution in [3.63, 3.8) is 0 Å². The molecule has 1 aliphatic rings. The maximum atomic E-state index is 13.9. The predicted molar refractivity (Wildman–Crippen MR) is 119 cm³/mol. The third-order valence-electron chi connectivity index (χ3n) is 4.92. The molecule has 0 saturated carbocycles. The van der Waals surface area contributed by atoms with Gasteiger partial charge < -0.3 is 0 Å². The molecule has 1 unspecified atom stereocenters. The van der Waals surface area contributed by atoms with Gasteiger partial charge in [-0.3, -0.25) is 4.98 Å². The van der Waals surface area contributed by atoms with E-state index >= 15 is 0 Å². The Hall–Kier alpha value is -3.00. The molecule has 0 radical (unpaired) electrons. The quantitative estimate of drug-likeness (QED) is 0.463. The Morgan fingerprint density at radius 2 is 1.86 bits per heavy atom. The van der Waals surface area contributed by atoms with Gasteiger partial charge in [0.25, 0.3) is 0 Å². The lowest BCUT2D eigenvalue weighted by Crippen LogP contribution is -2.02. The normalized spacial score (nSPS) is 15.9. The largest absolute Gasteiger partial charge is 0.256 e. The van der Waals surface area contributed by atoms with Crippen LogP contribution >= 0.6 is 0 Å². The summed E-state index contributed by atoms with van der Waals surface area (Å²) in [6, 6.07) is 15.7. The minimum Gasteiger partial charge on any atom is -0.256 e. The Morgan fingerprint density at radius 1 is 1.07 bits per heavy atom. The van der Waals surface area contributed by atoms with Crippen LogP contribution in [0.4, 0.5) is 4.39 Å². The first-order valence-corrected chi connectivity index (χ1v) is 9.84. The molecule has 1 heterocycles. The van der Waals surface area contributed by atoms with Crippen LogP contribution in [-0.2, 0) is 0 Å². The monoisotopic (exact) mass is 371 g/mol. The third-order valence-corrected chi connectivity index (χ3v) is 4.92. The van der Waals surface area contributed by atoms with Crippen molar-refractivity contribution in [2.45, 2.75) is 27.2 Å². The van der Waals surface area contributed by atoms with Crippen LogP contribution in [0, 0.1) is 11.7 Å². The highest BCUT2D eigenvalue weighted by molar-refractivity contribution is 5.98. The Morgan fingerprint density at radius 3 is 2.64 bits per heavy atom. The number of nitrogens with zero attached hydrogens (tertiary/aromatic N) is 1. The molecular weight excluding hydrogens is 345 g/mol. The van der Waals surface area contributed by atoms with Crippen molar-refractivity contribution in [2.24, 2.45) is 5.92 Å². The van der Waals surface area contributed by atoms with Crippen LogP contribution in [-0.4, -0.2) is 4.98 Å². The summed E-state index contributed by atoms with van der Waals surface area (Å²) in [5.74, 6) is 0.218. The summed E-state index contributed by atoms with van der Waals surface area (Å²) in [5.41, 5.74) is 6.18. The van der Waals surface area contributed by atoms with E-state index in [0.29, 0.717) is 11.5 Å². The minimum absolute atomic E-state index is 0.234. The van der Waals surface area contributed by atoms with E-state index in [1.807, 2.05) is 38.2 Å². The molecule has 0 saturated heterocycles. The number of allylic oxidation sites excluding steroid dienone is 4. The first kappa shape index (κ1) is 19.8. The summed E-state index contributed by atoms with van der Waals surface area (Å²) in [4.78, 5) is 4.40. The van der Waals surface area contributed by atoms with Crippen molar-refractivity contribution < 1.29 is 4.39 Å². The zero-order valence-electron chi connectivity index (χ0n) is 16.7. The molecule has 0 bridgehead atoms. The lowest BCUT2D eigenvalue weighted by atomic mass is 9.83. The Balaban J connectivity index is 0.00000109. The smallest absolute Gasteiger partial charge is 0.130 e. The maximum absolute atomic E-state index is 13.9. The molecule has 1 atom stereocenters. The average molecular weight is 371 g/mol. The van der Waals surface area contributed by atoms with Crippen LogP contribution in [0.3, 0.4) is 0 Å². The van der Waals surface area contributed by atoms with Crippen LogP contribution in [0.2, 0.25) is 0 Å². The van der Waals surface area contributed by atoms with Crippen molar-refractivity contribution in [3.8, 4) is 0 Å². The van der Waals surface area contributed by atoms with Gasteiger partial charge in [0.15, 0.2) is 0 Å². The molecule has 1 aliphatic carbocycles. The third kappa shape index (κ3) is 3.96. The van der Waals surface area contributed by atoms with Gasteiger partial charge >= 0.3 is 0 Å². The summed E-state index contributed by atoms with van der Waals surface area (Å²) in [6.45, 7) is 9.93. The fraction of sp³-hybridized carbons (Fsp3) is 0.192. The number of aromatic nitrogens is 1. The molecule has 3 aromatic rings. The highest BCUT2D eigenvalue weighted by Crippen LogP contribution is 2.37. The van der Waals surface area contributed by atoms with E-state index in [-0.39, 0.29) is 5.82 Å². The standard InChI is InChI=1S/C24H20FN.C2H6/c1-3-17-14-19(7-10-23(17)25)22-13-16(2)6-9-21(22)18-8-11-24-20(15-18)5-4-12-26-24;1-2/h3-12,14-16H,1,13H2,2H3;1-2H3. The SMILES string of the molecule is C=Cc1cc(C2=C(c3ccc4ncccc4c3)C=CC(C)C2)ccc1F.CC. The number of halogens is 1. The number of fused-ring (bicyclic) bond motifs is 1. The molecular formula is C26H26FN. The van der Waals surface area contributed by atoms with E-state index in [1.165, 1.54) is 17.2 Å². The molecule has 0 spiro atoms. The van der Waals surface area contributed by atoms with Gasteiger partial charge in [0.1, 0.15) is 5.82 Å². The number of hydrogen-bond acceptors (Lipinski definition) is 1. The molecule has 2 aromatic carbocycles. The second-order valence-corrected chi connectivity index (χ2v) is 6.78. The van der Waals surface area contributed by atoms with Gasteiger partial charge in [-0.1, -0.05) is 63.8 Å². The summed E-state index contributed by atoms with van der Waals surface area (Å²) in [7, 11) is 0. The number of pyridine rings is 1. The zero-order valence-corrected chi connectivity index (χ0v) is 16.7. The lowest BCUT2D eigenvalue weighted by molar-refractivity contribution is 0.625. The number of rotatable bonds is 3. The molecule has 1 nitrogen and oxygen atoms in total. The molecule has 142 valence electrons. The van der Waals surface area contributed by atoms with Crippen molar-refractivity contribution in [3.05, 3.63) is 96.0 Å². The molecule has 28 heavy (non-hydrogen) atoms. The number of hydrogen-bond donors (Lipinski definition) is 0. The van der Waals surface area contributed by atoms with Gasteiger partial charge in [-0.2, -0.15) is 0 Å². The van der Waals surface area contributed by atoms with Gasteiger partial charge in [-0.25, -0.2) is 4.39 Å². The predicted octanol–water partition coefficient (Wildman–Crippen LogP) is 7.55.